The predicted octanol–water partition coefficient (Wildman–Crippen LogP) is 3.57. The molecule has 6 nitrogen and oxygen atoms in total. The van der Waals surface area contributed by atoms with Crippen LogP contribution in [0.2, 0.25) is 0 Å². The minimum Gasteiger partial charge on any atom is -0.472 e. The van der Waals surface area contributed by atoms with Crippen molar-refractivity contribution in [3.05, 3.63) is 65.7 Å². The molecule has 2 heterocycles. The third kappa shape index (κ3) is 3.24. The van der Waals surface area contributed by atoms with Gasteiger partial charge in [0.25, 0.3) is 5.91 Å². The summed E-state index contributed by atoms with van der Waals surface area (Å²) in [6.45, 7) is 1.80. The number of fused-ring (bicyclic) bond motifs is 1. The summed E-state index contributed by atoms with van der Waals surface area (Å²) in [7, 11) is 0. The van der Waals surface area contributed by atoms with Crippen LogP contribution in [0.5, 0.6) is 5.88 Å². The molecule has 0 unspecified atom stereocenters. The summed E-state index contributed by atoms with van der Waals surface area (Å²) < 4.78 is 48.5. The Hall–Kier alpha value is -3.62. The molecule has 2 N–H and O–H groups in total. The van der Waals surface area contributed by atoms with E-state index >= 15 is 0 Å². The number of rotatable bonds is 2. The molecule has 9 heteroatoms. The minimum atomic E-state index is -0.886. The number of carbonyl (C=O) groups excluding carboxylic acids is 1. The maximum atomic E-state index is 14.8. The lowest BCUT2D eigenvalue weighted by Crippen LogP contribution is -2.36. The van der Waals surface area contributed by atoms with Gasteiger partial charge in [0.05, 0.1) is 12.1 Å². The van der Waals surface area contributed by atoms with Crippen molar-refractivity contribution in [2.75, 3.05) is 17.2 Å². The number of halogens is 3. The smallest absolute Gasteiger partial charge is 0.267 e. The number of ether oxygens (including phenoxy) is 1. The fourth-order valence-electron chi connectivity index (χ4n) is 3.23. The Balaban J connectivity index is 1.78. The molecule has 0 aliphatic carbocycles. The second kappa shape index (κ2) is 7.08. The number of anilines is 2. The highest BCUT2D eigenvalue weighted by Crippen LogP contribution is 2.33. The lowest BCUT2D eigenvalue weighted by atomic mass is 10.0. The van der Waals surface area contributed by atoms with Gasteiger partial charge in [0, 0.05) is 11.3 Å². The second-order valence-electron chi connectivity index (χ2n) is 6.54. The molecular formula is C20H15F3N4O2. The van der Waals surface area contributed by atoms with E-state index in [2.05, 4.69) is 9.97 Å². The number of hydrogen-bond acceptors (Lipinski definition) is 5. The third-order valence-corrected chi connectivity index (χ3v) is 4.55. The molecule has 4 rings (SSSR count). The first-order valence-electron chi connectivity index (χ1n) is 8.69. The van der Waals surface area contributed by atoms with Gasteiger partial charge in [0.1, 0.15) is 41.3 Å². The predicted molar refractivity (Wildman–Crippen MR) is 100.0 cm³/mol. The van der Waals surface area contributed by atoms with E-state index < -0.39 is 35.0 Å². The number of aromatic nitrogens is 2. The van der Waals surface area contributed by atoms with Gasteiger partial charge in [-0.05, 0) is 37.3 Å². The molecule has 0 bridgehead atoms. The van der Waals surface area contributed by atoms with Gasteiger partial charge in [-0.1, -0.05) is 6.07 Å². The first-order valence-corrected chi connectivity index (χ1v) is 8.69. The molecule has 0 fully saturated rings. The van der Waals surface area contributed by atoms with E-state index in [4.69, 9.17) is 10.5 Å². The summed E-state index contributed by atoms with van der Waals surface area (Å²) in [5.74, 6) is -3.24. The standard InChI is InChI=1S/C20H15F3N4O2/c1-10-8-27(20(28)17-18(24)25-9-26-19(17)29-10)11-5-6-12(15(23)7-11)16-13(21)3-2-4-14(16)22/h2-7,9-10H,8H2,1H3,(H2,24,25,26)/t10-/m1/s1. The summed E-state index contributed by atoms with van der Waals surface area (Å²) in [4.78, 5) is 22.0. The number of benzene rings is 2. The molecule has 1 amide bonds. The normalized spacial score (nSPS) is 16.2. The lowest BCUT2D eigenvalue weighted by Gasteiger charge is -2.23. The van der Waals surface area contributed by atoms with E-state index in [0.29, 0.717) is 0 Å². The Labute approximate surface area is 163 Å². The quantitative estimate of drug-likeness (QED) is 0.711. The van der Waals surface area contributed by atoms with Crippen LogP contribution < -0.4 is 15.4 Å². The van der Waals surface area contributed by atoms with Crippen molar-refractivity contribution in [3.63, 3.8) is 0 Å². The summed E-state index contributed by atoms with van der Waals surface area (Å²) in [5.41, 5.74) is 5.24. The summed E-state index contributed by atoms with van der Waals surface area (Å²) in [6.07, 6.45) is 0.711. The highest BCUT2D eigenvalue weighted by Gasteiger charge is 2.32. The van der Waals surface area contributed by atoms with E-state index in [9.17, 15) is 18.0 Å². The summed E-state index contributed by atoms with van der Waals surface area (Å²) in [5, 5.41) is 0. The average molecular weight is 400 g/mol. The van der Waals surface area contributed by atoms with Gasteiger partial charge in [-0.2, -0.15) is 0 Å². The van der Waals surface area contributed by atoms with Crippen molar-refractivity contribution >= 4 is 17.4 Å². The van der Waals surface area contributed by atoms with Gasteiger partial charge in [-0.3, -0.25) is 4.79 Å². The fraction of sp³-hybridized carbons (Fsp3) is 0.150. The van der Waals surface area contributed by atoms with Crippen LogP contribution in [0.25, 0.3) is 11.1 Å². The highest BCUT2D eigenvalue weighted by molar-refractivity contribution is 6.10. The molecular weight excluding hydrogens is 385 g/mol. The van der Waals surface area contributed by atoms with Crippen molar-refractivity contribution in [1.29, 1.82) is 0 Å². The van der Waals surface area contributed by atoms with Crippen LogP contribution in [0.1, 0.15) is 17.3 Å². The Kier molecular flexibility index (Phi) is 4.57. The zero-order chi connectivity index (χ0) is 20.7. The zero-order valence-electron chi connectivity index (χ0n) is 15.2. The van der Waals surface area contributed by atoms with Crippen LogP contribution in [-0.2, 0) is 0 Å². The molecule has 3 aromatic rings. The van der Waals surface area contributed by atoms with Gasteiger partial charge < -0.3 is 15.4 Å². The molecule has 29 heavy (non-hydrogen) atoms. The van der Waals surface area contributed by atoms with Crippen molar-refractivity contribution < 1.29 is 22.7 Å². The Morgan fingerprint density at radius 2 is 1.79 bits per heavy atom. The highest BCUT2D eigenvalue weighted by atomic mass is 19.1. The van der Waals surface area contributed by atoms with Gasteiger partial charge in [-0.25, -0.2) is 23.1 Å². The van der Waals surface area contributed by atoms with Crippen LogP contribution >= 0.6 is 0 Å². The lowest BCUT2D eigenvalue weighted by molar-refractivity contribution is 0.0988. The second-order valence-corrected chi connectivity index (χ2v) is 6.54. The molecule has 1 atom stereocenters. The molecule has 1 aromatic heterocycles. The van der Waals surface area contributed by atoms with Crippen LogP contribution in [0.15, 0.2) is 42.7 Å². The van der Waals surface area contributed by atoms with Crippen LogP contribution in [-0.4, -0.2) is 28.5 Å². The number of amides is 1. The van der Waals surface area contributed by atoms with Crippen LogP contribution in [0.3, 0.4) is 0 Å². The van der Waals surface area contributed by atoms with Crippen LogP contribution in [0.4, 0.5) is 24.7 Å². The Morgan fingerprint density at radius 3 is 2.48 bits per heavy atom. The van der Waals surface area contributed by atoms with Crippen molar-refractivity contribution in [2.45, 2.75) is 13.0 Å². The van der Waals surface area contributed by atoms with E-state index in [1.54, 1.807) is 6.92 Å². The van der Waals surface area contributed by atoms with Crippen molar-refractivity contribution in [2.24, 2.45) is 0 Å². The van der Waals surface area contributed by atoms with E-state index in [-0.39, 0.29) is 35.1 Å². The molecule has 2 aromatic carbocycles. The maximum Gasteiger partial charge on any atom is 0.267 e. The third-order valence-electron chi connectivity index (χ3n) is 4.55. The molecule has 0 radical (unpaired) electrons. The van der Waals surface area contributed by atoms with Gasteiger partial charge in [0.2, 0.25) is 5.88 Å². The molecule has 1 aliphatic rings. The number of carbonyl (C=O) groups is 1. The number of nitrogens with two attached hydrogens (primary N) is 1. The average Bonchev–Trinajstić information content (AvgIpc) is 2.79. The van der Waals surface area contributed by atoms with E-state index in [1.807, 2.05) is 0 Å². The van der Waals surface area contributed by atoms with Gasteiger partial charge in [0.15, 0.2) is 0 Å². The molecule has 0 saturated heterocycles. The first kappa shape index (κ1) is 18.7. The number of nitrogens with zero attached hydrogens (tertiary/aromatic N) is 3. The van der Waals surface area contributed by atoms with Gasteiger partial charge >= 0.3 is 0 Å². The summed E-state index contributed by atoms with van der Waals surface area (Å²) >= 11 is 0. The maximum absolute atomic E-state index is 14.8. The molecule has 1 aliphatic heterocycles. The Morgan fingerprint density at radius 1 is 1.07 bits per heavy atom. The van der Waals surface area contributed by atoms with Crippen molar-refractivity contribution in [3.8, 4) is 17.0 Å². The molecule has 0 spiro atoms. The number of hydrogen-bond donors (Lipinski definition) is 1. The van der Waals surface area contributed by atoms with E-state index in [0.717, 1.165) is 18.2 Å². The van der Waals surface area contributed by atoms with Crippen molar-refractivity contribution in [1.82, 2.24) is 9.97 Å². The first-order chi connectivity index (χ1) is 13.9. The van der Waals surface area contributed by atoms with E-state index in [1.165, 1.54) is 29.4 Å². The molecule has 148 valence electrons. The monoisotopic (exact) mass is 400 g/mol. The van der Waals surface area contributed by atoms with Gasteiger partial charge in [-0.15, -0.1) is 0 Å². The number of nitrogen functional groups attached to an aromatic ring is 1. The largest absolute Gasteiger partial charge is 0.472 e. The fourth-order valence-corrected chi connectivity index (χ4v) is 3.23. The zero-order valence-corrected chi connectivity index (χ0v) is 15.2. The molecule has 0 saturated carbocycles. The SMILES string of the molecule is C[C@@H]1CN(c2ccc(-c3c(F)cccc3F)c(F)c2)C(=O)c2c(N)ncnc2O1. The topological polar surface area (TPSA) is 81.3 Å². The minimum absolute atomic E-state index is 0.0264. The van der Waals surface area contributed by atoms with Crippen LogP contribution in [0, 0.1) is 17.5 Å². The Bertz CT molecular complexity index is 1100. The summed E-state index contributed by atoms with van der Waals surface area (Å²) in [6, 6.07) is 6.95.